The lowest BCUT2D eigenvalue weighted by Crippen LogP contribution is -1.79. The van der Waals surface area contributed by atoms with Gasteiger partial charge in [-0.05, 0) is 43.2 Å². The van der Waals surface area contributed by atoms with Crippen molar-refractivity contribution in [3.63, 3.8) is 0 Å². The van der Waals surface area contributed by atoms with E-state index in [0.29, 0.717) is 0 Å². The minimum absolute atomic E-state index is 0.908. The molecular formula is C20H18O. The van der Waals surface area contributed by atoms with Crippen molar-refractivity contribution in [3.05, 3.63) is 78.4 Å². The summed E-state index contributed by atoms with van der Waals surface area (Å²) in [4.78, 5) is 0. The number of hydrogen-bond acceptors (Lipinski definition) is 1. The van der Waals surface area contributed by atoms with Crippen LogP contribution in [0.4, 0.5) is 0 Å². The first-order chi connectivity index (χ1) is 10.2. The SMILES string of the molecule is C=C(/C=C\C(C)=C/C)c1ccc2c(c1)oc1ccccc12. The van der Waals surface area contributed by atoms with Crippen LogP contribution < -0.4 is 0 Å². The molecule has 0 fully saturated rings. The van der Waals surface area contributed by atoms with Gasteiger partial charge < -0.3 is 4.42 Å². The molecule has 0 aliphatic heterocycles. The molecule has 0 bridgehead atoms. The molecule has 1 heteroatoms. The molecule has 21 heavy (non-hydrogen) atoms. The van der Waals surface area contributed by atoms with E-state index in [1.54, 1.807) is 0 Å². The molecule has 0 spiro atoms. The highest BCUT2D eigenvalue weighted by Crippen LogP contribution is 2.30. The quantitative estimate of drug-likeness (QED) is 0.524. The van der Waals surface area contributed by atoms with E-state index in [2.05, 4.69) is 49.9 Å². The molecule has 0 aliphatic carbocycles. The first kappa shape index (κ1) is 13.4. The fraction of sp³-hybridized carbons (Fsp3) is 0.100. The van der Waals surface area contributed by atoms with Gasteiger partial charge in [-0.3, -0.25) is 0 Å². The van der Waals surface area contributed by atoms with Crippen LogP contribution in [0.2, 0.25) is 0 Å². The Morgan fingerprint density at radius 1 is 1.00 bits per heavy atom. The molecule has 3 aromatic rings. The van der Waals surface area contributed by atoms with E-state index in [1.165, 1.54) is 5.57 Å². The van der Waals surface area contributed by atoms with Crippen molar-refractivity contribution >= 4 is 27.5 Å². The minimum atomic E-state index is 0.908. The van der Waals surface area contributed by atoms with Gasteiger partial charge in [0.2, 0.25) is 0 Å². The maximum Gasteiger partial charge on any atom is 0.136 e. The Hall–Kier alpha value is -2.54. The molecule has 1 nitrogen and oxygen atoms in total. The molecule has 2 aromatic carbocycles. The van der Waals surface area contributed by atoms with Crippen molar-refractivity contribution in [2.75, 3.05) is 0 Å². The summed E-state index contributed by atoms with van der Waals surface area (Å²) in [6.45, 7) is 8.24. The third kappa shape index (κ3) is 2.55. The second-order valence-corrected chi connectivity index (χ2v) is 5.20. The number of furan rings is 1. The molecule has 0 atom stereocenters. The zero-order chi connectivity index (χ0) is 14.8. The summed E-state index contributed by atoms with van der Waals surface area (Å²) in [7, 11) is 0. The fourth-order valence-electron chi connectivity index (χ4n) is 2.35. The molecule has 0 radical (unpaired) electrons. The van der Waals surface area contributed by atoms with Crippen molar-refractivity contribution in [1.29, 1.82) is 0 Å². The van der Waals surface area contributed by atoms with Crippen LogP contribution in [-0.4, -0.2) is 0 Å². The summed E-state index contributed by atoms with van der Waals surface area (Å²) in [5, 5.41) is 2.31. The van der Waals surface area contributed by atoms with Crippen LogP contribution in [0.15, 0.2) is 77.3 Å². The van der Waals surface area contributed by atoms with Crippen LogP contribution >= 0.6 is 0 Å². The number of benzene rings is 2. The predicted molar refractivity (Wildman–Crippen MR) is 91.3 cm³/mol. The molecular weight excluding hydrogens is 256 g/mol. The molecule has 104 valence electrons. The first-order valence-electron chi connectivity index (χ1n) is 7.10. The number of hydrogen-bond donors (Lipinski definition) is 0. The molecule has 0 saturated carbocycles. The summed E-state index contributed by atoms with van der Waals surface area (Å²) in [5.41, 5.74) is 5.13. The highest BCUT2D eigenvalue weighted by atomic mass is 16.3. The summed E-state index contributed by atoms with van der Waals surface area (Å²) in [6, 6.07) is 14.4. The van der Waals surface area contributed by atoms with E-state index in [9.17, 15) is 0 Å². The van der Waals surface area contributed by atoms with Gasteiger partial charge in [-0.25, -0.2) is 0 Å². The van der Waals surface area contributed by atoms with Crippen LogP contribution in [0, 0.1) is 0 Å². The number of fused-ring (bicyclic) bond motifs is 3. The average molecular weight is 274 g/mol. The largest absolute Gasteiger partial charge is 0.456 e. The molecule has 1 heterocycles. The Morgan fingerprint density at radius 2 is 1.76 bits per heavy atom. The monoisotopic (exact) mass is 274 g/mol. The third-order valence-corrected chi connectivity index (χ3v) is 3.75. The topological polar surface area (TPSA) is 13.1 Å². The molecule has 0 unspecified atom stereocenters. The van der Waals surface area contributed by atoms with Crippen molar-refractivity contribution in [2.24, 2.45) is 0 Å². The van der Waals surface area contributed by atoms with Crippen molar-refractivity contribution in [1.82, 2.24) is 0 Å². The molecule has 0 N–H and O–H groups in total. The lowest BCUT2D eigenvalue weighted by molar-refractivity contribution is 0.669. The van der Waals surface area contributed by atoms with Gasteiger partial charge in [-0.15, -0.1) is 0 Å². The summed E-state index contributed by atoms with van der Waals surface area (Å²) in [6.07, 6.45) is 6.19. The van der Waals surface area contributed by atoms with Gasteiger partial charge in [0.1, 0.15) is 11.2 Å². The van der Waals surface area contributed by atoms with Crippen molar-refractivity contribution in [3.8, 4) is 0 Å². The summed E-state index contributed by atoms with van der Waals surface area (Å²) in [5.74, 6) is 0. The second kappa shape index (κ2) is 5.45. The second-order valence-electron chi connectivity index (χ2n) is 5.20. The fourth-order valence-corrected chi connectivity index (χ4v) is 2.35. The highest BCUT2D eigenvalue weighted by Gasteiger charge is 2.07. The van der Waals surface area contributed by atoms with Crippen LogP contribution in [-0.2, 0) is 0 Å². The Kier molecular flexibility index (Phi) is 3.49. The average Bonchev–Trinajstić information content (AvgIpc) is 2.89. The van der Waals surface area contributed by atoms with E-state index >= 15 is 0 Å². The maximum atomic E-state index is 5.91. The zero-order valence-corrected chi connectivity index (χ0v) is 12.4. The van der Waals surface area contributed by atoms with E-state index in [1.807, 2.05) is 31.2 Å². The maximum absolute atomic E-state index is 5.91. The standard InChI is InChI=1S/C20H18O/c1-4-14(2)9-10-15(3)16-11-12-18-17-7-5-6-8-19(17)21-20(18)13-16/h4-13H,3H2,1-2H3/b10-9-,14-4-. The molecule has 0 saturated heterocycles. The van der Waals surface area contributed by atoms with Crippen LogP contribution in [0.25, 0.3) is 27.5 Å². The van der Waals surface area contributed by atoms with Gasteiger partial charge in [0, 0.05) is 10.8 Å². The Morgan fingerprint density at radius 3 is 2.57 bits per heavy atom. The smallest absolute Gasteiger partial charge is 0.136 e. The Bertz CT molecular complexity index is 875. The van der Waals surface area contributed by atoms with Crippen LogP contribution in [0.3, 0.4) is 0 Å². The molecule has 1 aromatic heterocycles. The van der Waals surface area contributed by atoms with Crippen molar-refractivity contribution in [2.45, 2.75) is 13.8 Å². The lowest BCUT2D eigenvalue weighted by atomic mass is 10.0. The van der Waals surface area contributed by atoms with Gasteiger partial charge in [0.05, 0.1) is 0 Å². The van der Waals surface area contributed by atoms with Gasteiger partial charge >= 0.3 is 0 Å². The van der Waals surface area contributed by atoms with Crippen LogP contribution in [0.1, 0.15) is 19.4 Å². The molecule has 3 rings (SSSR count). The Balaban J connectivity index is 2.03. The predicted octanol–water partition coefficient (Wildman–Crippen LogP) is 6.12. The summed E-state index contributed by atoms with van der Waals surface area (Å²) >= 11 is 0. The number of allylic oxidation sites excluding steroid dienone is 5. The lowest BCUT2D eigenvalue weighted by Gasteiger charge is -2.00. The molecule has 0 amide bonds. The minimum Gasteiger partial charge on any atom is -0.456 e. The molecule has 0 aliphatic rings. The van der Waals surface area contributed by atoms with Crippen LogP contribution in [0.5, 0.6) is 0 Å². The van der Waals surface area contributed by atoms with Gasteiger partial charge in [-0.2, -0.15) is 0 Å². The first-order valence-corrected chi connectivity index (χ1v) is 7.10. The van der Waals surface area contributed by atoms with Gasteiger partial charge in [0.15, 0.2) is 0 Å². The van der Waals surface area contributed by atoms with E-state index in [0.717, 1.165) is 33.1 Å². The van der Waals surface area contributed by atoms with E-state index in [4.69, 9.17) is 4.42 Å². The van der Waals surface area contributed by atoms with Gasteiger partial charge in [-0.1, -0.05) is 54.6 Å². The van der Waals surface area contributed by atoms with E-state index in [-0.39, 0.29) is 0 Å². The third-order valence-electron chi connectivity index (χ3n) is 3.75. The normalized spacial score (nSPS) is 12.6. The summed E-state index contributed by atoms with van der Waals surface area (Å²) < 4.78 is 5.91. The Labute approximate surface area is 124 Å². The van der Waals surface area contributed by atoms with Crippen molar-refractivity contribution < 1.29 is 4.42 Å². The highest BCUT2D eigenvalue weighted by molar-refractivity contribution is 6.05. The van der Waals surface area contributed by atoms with E-state index < -0.39 is 0 Å². The zero-order valence-electron chi connectivity index (χ0n) is 12.4. The van der Waals surface area contributed by atoms with Gasteiger partial charge in [0.25, 0.3) is 0 Å². The number of para-hydroxylation sites is 1. The number of rotatable bonds is 3.